The molecule has 4 aromatic rings. The van der Waals surface area contributed by atoms with Crippen LogP contribution in [0.2, 0.25) is 0 Å². The third-order valence-electron chi connectivity index (χ3n) is 6.25. The van der Waals surface area contributed by atoms with Crippen LogP contribution in [0.1, 0.15) is 18.5 Å². The molecule has 5 rings (SSSR count). The first kappa shape index (κ1) is 21.8. The molecule has 1 unspecified atom stereocenters. The second kappa shape index (κ2) is 9.47. The number of aryl methyl sites for hydroxylation is 1. The minimum atomic E-state index is -0.128. The molecule has 3 heterocycles. The van der Waals surface area contributed by atoms with E-state index in [1.165, 1.54) is 0 Å². The van der Waals surface area contributed by atoms with Gasteiger partial charge < -0.3 is 15.0 Å². The molecule has 0 spiro atoms. The quantitative estimate of drug-likeness (QED) is 0.465. The lowest BCUT2D eigenvalue weighted by Gasteiger charge is -2.32. The van der Waals surface area contributed by atoms with Gasteiger partial charge in [0.2, 0.25) is 5.91 Å². The van der Waals surface area contributed by atoms with E-state index in [-0.39, 0.29) is 11.8 Å². The predicted molar refractivity (Wildman–Crippen MR) is 134 cm³/mol. The largest absolute Gasteiger partial charge is 0.496 e. The standard InChI is InChI=1S/C27H27N5O2/c1-18-16-24(20-9-3-5-11-22(20)28-18)29-27(33)19-8-7-15-32(17-19)26-14-13-23(30-31-26)21-10-4-6-12-25(21)34-2/h3-6,9-14,16,19H,7-8,15,17H2,1-2H3,(H,28,29,33). The maximum absolute atomic E-state index is 13.2. The molecule has 0 radical (unpaired) electrons. The lowest BCUT2D eigenvalue weighted by Crippen LogP contribution is -2.41. The molecule has 7 nitrogen and oxygen atoms in total. The van der Waals surface area contributed by atoms with Gasteiger partial charge in [-0.05, 0) is 56.2 Å². The van der Waals surface area contributed by atoms with Crippen LogP contribution in [0.3, 0.4) is 0 Å². The zero-order valence-electron chi connectivity index (χ0n) is 19.4. The Hall–Kier alpha value is -4.00. The summed E-state index contributed by atoms with van der Waals surface area (Å²) in [6.45, 7) is 3.40. The highest BCUT2D eigenvalue weighted by atomic mass is 16.5. The van der Waals surface area contributed by atoms with Gasteiger partial charge in [0.1, 0.15) is 5.75 Å². The number of piperidine rings is 1. The number of benzene rings is 2. The molecule has 1 atom stereocenters. The second-order valence-electron chi connectivity index (χ2n) is 8.58. The molecule has 2 aromatic heterocycles. The predicted octanol–water partition coefficient (Wildman–Crippen LogP) is 4.86. The van der Waals surface area contributed by atoms with Crippen molar-refractivity contribution in [3.05, 3.63) is 72.4 Å². The molecule has 0 saturated carbocycles. The number of methoxy groups -OCH3 is 1. The van der Waals surface area contributed by atoms with E-state index in [1.807, 2.05) is 73.7 Å². The Labute approximate surface area is 198 Å². The molecule has 1 N–H and O–H groups in total. The Kier molecular flexibility index (Phi) is 6.08. The van der Waals surface area contributed by atoms with Gasteiger partial charge >= 0.3 is 0 Å². The van der Waals surface area contributed by atoms with Crippen LogP contribution in [0.4, 0.5) is 11.5 Å². The highest BCUT2D eigenvalue weighted by Crippen LogP contribution is 2.30. The highest BCUT2D eigenvalue weighted by molar-refractivity contribution is 6.02. The molecule has 7 heteroatoms. The zero-order valence-corrected chi connectivity index (χ0v) is 19.4. The number of anilines is 2. The number of rotatable bonds is 5. The lowest BCUT2D eigenvalue weighted by molar-refractivity contribution is -0.120. The molecule has 172 valence electrons. The van der Waals surface area contributed by atoms with Crippen molar-refractivity contribution in [3.63, 3.8) is 0 Å². The number of carbonyl (C=O) groups is 1. The van der Waals surface area contributed by atoms with Crippen LogP contribution in [0.15, 0.2) is 66.7 Å². The van der Waals surface area contributed by atoms with Gasteiger partial charge in [-0.1, -0.05) is 30.3 Å². The molecule has 0 aliphatic carbocycles. The number of pyridine rings is 1. The fourth-order valence-electron chi connectivity index (χ4n) is 4.54. The molecule has 1 saturated heterocycles. The summed E-state index contributed by atoms with van der Waals surface area (Å²) in [7, 11) is 1.65. The molecule has 1 amide bonds. The average molecular weight is 454 g/mol. The van der Waals surface area contributed by atoms with Gasteiger partial charge in [0.05, 0.1) is 29.9 Å². The molecule has 1 aliphatic heterocycles. The smallest absolute Gasteiger partial charge is 0.229 e. The number of aromatic nitrogens is 3. The molecular weight excluding hydrogens is 426 g/mol. The van der Waals surface area contributed by atoms with Gasteiger partial charge in [-0.15, -0.1) is 10.2 Å². The van der Waals surface area contributed by atoms with Crippen LogP contribution < -0.4 is 15.0 Å². The van der Waals surface area contributed by atoms with Gasteiger partial charge in [0, 0.05) is 29.7 Å². The van der Waals surface area contributed by atoms with Crippen molar-refractivity contribution < 1.29 is 9.53 Å². The number of hydrogen-bond acceptors (Lipinski definition) is 6. The van der Waals surface area contributed by atoms with Crippen molar-refractivity contribution in [2.24, 2.45) is 5.92 Å². The van der Waals surface area contributed by atoms with E-state index in [9.17, 15) is 4.79 Å². The number of fused-ring (bicyclic) bond motifs is 1. The Morgan fingerprint density at radius 1 is 1.06 bits per heavy atom. The number of hydrogen-bond donors (Lipinski definition) is 1. The fraction of sp³-hybridized carbons (Fsp3) is 0.259. The van der Waals surface area contributed by atoms with Crippen LogP contribution in [0.25, 0.3) is 22.2 Å². The summed E-state index contributed by atoms with van der Waals surface area (Å²) in [5.74, 6) is 1.44. The number of carbonyl (C=O) groups excluding carboxylic acids is 1. The van der Waals surface area contributed by atoms with Gasteiger partial charge in [-0.3, -0.25) is 9.78 Å². The summed E-state index contributed by atoms with van der Waals surface area (Å²) in [6.07, 6.45) is 1.77. The summed E-state index contributed by atoms with van der Waals surface area (Å²) >= 11 is 0. The summed E-state index contributed by atoms with van der Waals surface area (Å²) in [4.78, 5) is 19.9. The van der Waals surface area contributed by atoms with Crippen molar-refractivity contribution in [2.75, 3.05) is 30.4 Å². The summed E-state index contributed by atoms with van der Waals surface area (Å²) in [5, 5.41) is 13.0. The SMILES string of the molecule is COc1ccccc1-c1ccc(N2CCCC(C(=O)Nc3cc(C)nc4ccccc34)C2)nn1. The van der Waals surface area contributed by atoms with Gasteiger partial charge in [0.15, 0.2) is 5.82 Å². The Balaban J connectivity index is 1.31. The zero-order chi connectivity index (χ0) is 23.5. The van der Waals surface area contributed by atoms with Crippen molar-refractivity contribution >= 4 is 28.3 Å². The molecular formula is C27H27N5O2. The molecule has 0 bridgehead atoms. The topological polar surface area (TPSA) is 80.2 Å². The van der Waals surface area contributed by atoms with Crippen molar-refractivity contribution in [3.8, 4) is 17.0 Å². The van der Waals surface area contributed by atoms with E-state index in [1.54, 1.807) is 7.11 Å². The monoisotopic (exact) mass is 453 g/mol. The van der Waals surface area contributed by atoms with Gasteiger partial charge in [-0.25, -0.2) is 0 Å². The van der Waals surface area contributed by atoms with Crippen molar-refractivity contribution in [2.45, 2.75) is 19.8 Å². The van der Waals surface area contributed by atoms with E-state index >= 15 is 0 Å². The minimum absolute atomic E-state index is 0.0269. The van der Waals surface area contributed by atoms with Gasteiger partial charge in [-0.2, -0.15) is 0 Å². The first-order chi connectivity index (χ1) is 16.6. The number of para-hydroxylation sites is 2. The number of nitrogens with zero attached hydrogens (tertiary/aromatic N) is 4. The van der Waals surface area contributed by atoms with E-state index in [4.69, 9.17) is 4.74 Å². The third kappa shape index (κ3) is 4.41. The van der Waals surface area contributed by atoms with E-state index in [0.717, 1.165) is 64.5 Å². The van der Waals surface area contributed by atoms with E-state index in [2.05, 4.69) is 25.4 Å². The van der Waals surface area contributed by atoms with Crippen LogP contribution in [0, 0.1) is 12.8 Å². The van der Waals surface area contributed by atoms with Crippen molar-refractivity contribution in [1.29, 1.82) is 0 Å². The Morgan fingerprint density at radius 3 is 2.71 bits per heavy atom. The van der Waals surface area contributed by atoms with E-state index in [0.29, 0.717) is 6.54 Å². The van der Waals surface area contributed by atoms with Crippen LogP contribution in [-0.4, -0.2) is 41.3 Å². The maximum Gasteiger partial charge on any atom is 0.229 e. The number of amides is 1. The highest BCUT2D eigenvalue weighted by Gasteiger charge is 2.27. The Morgan fingerprint density at radius 2 is 1.88 bits per heavy atom. The summed E-state index contributed by atoms with van der Waals surface area (Å²) in [6, 6.07) is 21.5. The van der Waals surface area contributed by atoms with Gasteiger partial charge in [0.25, 0.3) is 0 Å². The molecule has 1 fully saturated rings. The molecule has 1 aliphatic rings. The third-order valence-corrected chi connectivity index (χ3v) is 6.25. The first-order valence-corrected chi connectivity index (χ1v) is 11.5. The summed E-state index contributed by atoms with van der Waals surface area (Å²) in [5.41, 5.74) is 4.23. The maximum atomic E-state index is 13.2. The fourth-order valence-corrected chi connectivity index (χ4v) is 4.54. The number of ether oxygens (including phenoxy) is 1. The van der Waals surface area contributed by atoms with Crippen LogP contribution in [-0.2, 0) is 4.79 Å². The van der Waals surface area contributed by atoms with E-state index < -0.39 is 0 Å². The summed E-state index contributed by atoms with van der Waals surface area (Å²) < 4.78 is 5.44. The first-order valence-electron chi connectivity index (χ1n) is 11.5. The van der Waals surface area contributed by atoms with Crippen LogP contribution >= 0.6 is 0 Å². The molecule has 34 heavy (non-hydrogen) atoms. The second-order valence-corrected chi connectivity index (χ2v) is 8.58. The Bertz CT molecular complexity index is 1320. The number of nitrogens with one attached hydrogen (secondary N) is 1. The average Bonchev–Trinajstić information content (AvgIpc) is 2.88. The molecule has 2 aromatic carbocycles. The lowest BCUT2D eigenvalue weighted by atomic mass is 9.96. The normalized spacial score (nSPS) is 15.8. The van der Waals surface area contributed by atoms with Crippen molar-refractivity contribution in [1.82, 2.24) is 15.2 Å². The minimum Gasteiger partial charge on any atom is -0.496 e. The van der Waals surface area contributed by atoms with Crippen LogP contribution in [0.5, 0.6) is 5.75 Å².